The third-order valence-electron chi connectivity index (χ3n) is 3.35. The number of anilines is 1. The lowest BCUT2D eigenvalue weighted by Crippen LogP contribution is -2.47. The zero-order valence-corrected chi connectivity index (χ0v) is 13.1. The van der Waals surface area contributed by atoms with Crippen LogP contribution in [0.2, 0.25) is 0 Å². The number of hydrogen-bond acceptors (Lipinski definition) is 5. The molecule has 0 saturated carbocycles. The number of hydrogen-bond donors (Lipinski definition) is 2. The van der Waals surface area contributed by atoms with Crippen molar-refractivity contribution in [3.63, 3.8) is 0 Å². The lowest BCUT2D eigenvalue weighted by Gasteiger charge is -2.29. The Morgan fingerprint density at radius 3 is 2.76 bits per heavy atom. The number of amides is 1. The minimum absolute atomic E-state index is 0.0236. The molecule has 0 spiro atoms. The van der Waals surface area contributed by atoms with Crippen LogP contribution in [0.3, 0.4) is 0 Å². The van der Waals surface area contributed by atoms with Gasteiger partial charge in [-0.05, 0) is 26.0 Å². The summed E-state index contributed by atoms with van der Waals surface area (Å²) in [5, 5.41) is 3.12. The maximum atomic E-state index is 12.4. The monoisotopic (exact) mass is 308 g/mol. The molecule has 21 heavy (non-hydrogen) atoms. The molecular weight excluding hydrogens is 288 g/mol. The van der Waals surface area contributed by atoms with Crippen LogP contribution in [0.25, 0.3) is 0 Å². The highest BCUT2D eigenvalue weighted by Crippen LogP contribution is 2.15. The van der Waals surface area contributed by atoms with Gasteiger partial charge in [0.15, 0.2) is 0 Å². The minimum atomic E-state index is -0.398. The van der Waals surface area contributed by atoms with E-state index in [1.165, 1.54) is 0 Å². The lowest BCUT2D eigenvalue weighted by atomic mass is 10.2. The van der Waals surface area contributed by atoms with E-state index in [1.807, 2.05) is 26.0 Å². The Kier molecular flexibility index (Phi) is 5.08. The second-order valence-electron chi connectivity index (χ2n) is 5.02. The first kappa shape index (κ1) is 15.7. The van der Waals surface area contributed by atoms with Crippen molar-refractivity contribution >= 4 is 28.9 Å². The van der Waals surface area contributed by atoms with Crippen LogP contribution in [0.4, 0.5) is 5.82 Å². The summed E-state index contributed by atoms with van der Waals surface area (Å²) < 4.78 is 5.25. The van der Waals surface area contributed by atoms with Gasteiger partial charge in [0.2, 0.25) is 5.91 Å². The molecule has 1 atom stereocenters. The normalized spacial score (nSPS) is 16.4. The molecule has 1 aliphatic rings. The van der Waals surface area contributed by atoms with E-state index in [0.29, 0.717) is 37.7 Å². The second kappa shape index (κ2) is 6.82. The first-order valence-corrected chi connectivity index (χ1v) is 7.30. The van der Waals surface area contributed by atoms with E-state index in [4.69, 9.17) is 22.7 Å². The highest BCUT2D eigenvalue weighted by Gasteiger charge is 2.23. The smallest absolute Gasteiger partial charge is 0.244 e. The molecule has 0 aromatic carbocycles. The van der Waals surface area contributed by atoms with E-state index in [1.54, 1.807) is 4.90 Å². The summed E-state index contributed by atoms with van der Waals surface area (Å²) in [6, 6.07) is 3.26. The third kappa shape index (κ3) is 3.89. The molecule has 1 aromatic rings. The molecule has 1 fully saturated rings. The molecule has 2 rings (SSSR count). The number of carbonyl (C=O) groups excluding carboxylic acids is 1. The molecule has 6 nitrogen and oxygen atoms in total. The first-order chi connectivity index (χ1) is 9.99. The fourth-order valence-corrected chi connectivity index (χ4v) is 2.35. The van der Waals surface area contributed by atoms with Crippen LogP contribution in [0.15, 0.2) is 12.1 Å². The largest absolute Gasteiger partial charge is 0.389 e. The summed E-state index contributed by atoms with van der Waals surface area (Å²) in [6.07, 6.45) is 0. The highest BCUT2D eigenvalue weighted by atomic mass is 32.1. The molecule has 1 aromatic heterocycles. The zero-order valence-electron chi connectivity index (χ0n) is 12.3. The van der Waals surface area contributed by atoms with E-state index < -0.39 is 6.04 Å². The molecule has 0 radical (unpaired) electrons. The number of aromatic nitrogens is 1. The number of ether oxygens (including phenoxy) is 1. The summed E-state index contributed by atoms with van der Waals surface area (Å²) in [4.78, 5) is 18.8. The number of nitrogens with one attached hydrogen (secondary N) is 1. The van der Waals surface area contributed by atoms with Crippen molar-refractivity contribution in [2.45, 2.75) is 19.9 Å². The van der Waals surface area contributed by atoms with E-state index >= 15 is 0 Å². The van der Waals surface area contributed by atoms with Gasteiger partial charge in [-0.1, -0.05) is 12.2 Å². The van der Waals surface area contributed by atoms with Crippen molar-refractivity contribution in [3.8, 4) is 0 Å². The van der Waals surface area contributed by atoms with Crippen molar-refractivity contribution < 1.29 is 9.53 Å². The van der Waals surface area contributed by atoms with Crippen LogP contribution in [0.1, 0.15) is 18.2 Å². The van der Waals surface area contributed by atoms with Crippen LogP contribution in [0.5, 0.6) is 0 Å². The maximum absolute atomic E-state index is 12.4. The van der Waals surface area contributed by atoms with E-state index in [0.717, 1.165) is 5.69 Å². The lowest BCUT2D eigenvalue weighted by molar-refractivity contribution is -0.135. The number of thiocarbonyl (C=S) groups is 1. The van der Waals surface area contributed by atoms with Gasteiger partial charge in [0, 0.05) is 18.8 Å². The number of morpholine rings is 1. The zero-order chi connectivity index (χ0) is 15.4. The van der Waals surface area contributed by atoms with Gasteiger partial charge in [0.25, 0.3) is 0 Å². The molecule has 1 saturated heterocycles. The molecular formula is C14H20N4O2S. The number of carbonyl (C=O) groups is 1. The molecule has 1 amide bonds. The summed E-state index contributed by atoms with van der Waals surface area (Å²) >= 11 is 5.02. The average molecular weight is 308 g/mol. The number of pyridine rings is 1. The van der Waals surface area contributed by atoms with E-state index in [2.05, 4.69) is 10.3 Å². The SMILES string of the molecule is Cc1ccc(C(N)=S)c(NC(C)C(=O)N2CCOCC2)n1. The second-order valence-corrected chi connectivity index (χ2v) is 5.46. The summed E-state index contributed by atoms with van der Waals surface area (Å²) in [5.41, 5.74) is 7.19. The average Bonchev–Trinajstić information content (AvgIpc) is 2.47. The molecule has 0 bridgehead atoms. The molecule has 3 N–H and O–H groups in total. The topological polar surface area (TPSA) is 80.5 Å². The van der Waals surface area contributed by atoms with Gasteiger partial charge in [-0.3, -0.25) is 4.79 Å². The molecule has 114 valence electrons. The minimum Gasteiger partial charge on any atom is -0.389 e. The molecule has 2 heterocycles. The van der Waals surface area contributed by atoms with E-state index in [9.17, 15) is 4.79 Å². The molecule has 1 unspecified atom stereocenters. The third-order valence-corrected chi connectivity index (χ3v) is 3.57. The predicted molar refractivity (Wildman–Crippen MR) is 85.3 cm³/mol. The Balaban J connectivity index is 2.11. The maximum Gasteiger partial charge on any atom is 0.244 e. The number of aryl methyl sites for hydroxylation is 1. The number of nitrogens with two attached hydrogens (primary N) is 1. The van der Waals surface area contributed by atoms with Crippen molar-refractivity contribution in [3.05, 3.63) is 23.4 Å². The summed E-state index contributed by atoms with van der Waals surface area (Å²) in [7, 11) is 0. The van der Waals surface area contributed by atoms with Crippen molar-refractivity contribution in [2.24, 2.45) is 5.73 Å². The van der Waals surface area contributed by atoms with E-state index in [-0.39, 0.29) is 10.9 Å². The predicted octanol–water partition coefficient (Wildman–Crippen LogP) is 0.683. The highest BCUT2D eigenvalue weighted by molar-refractivity contribution is 7.80. The van der Waals surface area contributed by atoms with Gasteiger partial charge in [-0.15, -0.1) is 0 Å². The Labute approximate surface area is 129 Å². The molecule has 1 aliphatic heterocycles. The Morgan fingerprint density at radius 1 is 1.48 bits per heavy atom. The van der Waals surface area contributed by atoms with Gasteiger partial charge < -0.3 is 20.7 Å². The fraction of sp³-hybridized carbons (Fsp3) is 0.500. The van der Waals surface area contributed by atoms with Crippen molar-refractivity contribution in [2.75, 3.05) is 31.6 Å². The van der Waals surface area contributed by atoms with Gasteiger partial charge in [0.05, 0.1) is 18.8 Å². The fourth-order valence-electron chi connectivity index (χ4n) is 2.19. The van der Waals surface area contributed by atoms with Crippen LogP contribution < -0.4 is 11.1 Å². The van der Waals surface area contributed by atoms with Gasteiger partial charge in [-0.2, -0.15) is 0 Å². The van der Waals surface area contributed by atoms with Crippen LogP contribution in [0, 0.1) is 6.92 Å². The standard InChI is InChI=1S/C14H20N4O2S/c1-9-3-4-11(12(15)21)13(16-9)17-10(2)14(19)18-5-7-20-8-6-18/h3-4,10H,5-8H2,1-2H3,(H2,15,21)(H,16,17). The Bertz CT molecular complexity index is 544. The Morgan fingerprint density at radius 2 is 2.14 bits per heavy atom. The van der Waals surface area contributed by atoms with Crippen molar-refractivity contribution in [1.29, 1.82) is 0 Å². The number of nitrogens with zero attached hydrogens (tertiary/aromatic N) is 2. The quantitative estimate of drug-likeness (QED) is 0.796. The molecule has 0 aliphatic carbocycles. The van der Waals surface area contributed by atoms with Gasteiger partial charge >= 0.3 is 0 Å². The Hall–Kier alpha value is -1.73. The van der Waals surface area contributed by atoms with Crippen LogP contribution in [-0.2, 0) is 9.53 Å². The molecule has 7 heteroatoms. The van der Waals surface area contributed by atoms with Crippen LogP contribution in [-0.4, -0.2) is 53.1 Å². The summed E-state index contributed by atoms with van der Waals surface area (Å²) in [6.45, 7) is 6.09. The van der Waals surface area contributed by atoms with Gasteiger partial charge in [-0.25, -0.2) is 4.98 Å². The summed E-state index contributed by atoms with van der Waals surface area (Å²) in [5.74, 6) is 0.576. The first-order valence-electron chi connectivity index (χ1n) is 6.89. The van der Waals surface area contributed by atoms with Crippen molar-refractivity contribution in [1.82, 2.24) is 9.88 Å². The van der Waals surface area contributed by atoms with Gasteiger partial charge in [0.1, 0.15) is 16.8 Å². The number of rotatable bonds is 4. The van der Waals surface area contributed by atoms with Crippen LogP contribution >= 0.6 is 12.2 Å².